The van der Waals surface area contributed by atoms with Crippen molar-refractivity contribution in [2.45, 2.75) is 44.2 Å². The van der Waals surface area contributed by atoms with Crippen LogP contribution in [-0.2, 0) is 14.3 Å². The second-order valence-corrected chi connectivity index (χ2v) is 6.03. The second-order valence-electron chi connectivity index (χ2n) is 6.03. The molecule has 0 saturated heterocycles. The number of hydrogen-bond donors (Lipinski definition) is 1. The summed E-state index contributed by atoms with van der Waals surface area (Å²) in [5.41, 5.74) is 0.718. The molecule has 2 aliphatic rings. The summed E-state index contributed by atoms with van der Waals surface area (Å²) in [6, 6.07) is 9.46. The summed E-state index contributed by atoms with van der Waals surface area (Å²) in [5, 5.41) is 2.92. The summed E-state index contributed by atoms with van der Waals surface area (Å²) in [6.07, 6.45) is 7.66. The first kappa shape index (κ1) is 14.8. The van der Waals surface area contributed by atoms with E-state index in [1.165, 1.54) is 0 Å². The van der Waals surface area contributed by atoms with Gasteiger partial charge in [0.2, 0.25) is 6.10 Å². The standard InChI is InChI=1S/C18H21NO3/c20-16(12-13-6-4-5-7-13)22-17(14-8-2-1-3-9-14)18(21)19-15-10-11-15/h1-4,6,8-9,13,15,17H,5,7,10-12H2,(H,19,21)/t13-,17+/m0/s1. The predicted molar refractivity (Wildman–Crippen MR) is 82.9 cm³/mol. The Bertz CT molecular complexity index is 563. The van der Waals surface area contributed by atoms with Crippen LogP contribution >= 0.6 is 0 Å². The Labute approximate surface area is 130 Å². The van der Waals surface area contributed by atoms with Crippen LogP contribution in [0.15, 0.2) is 42.5 Å². The van der Waals surface area contributed by atoms with Crippen molar-refractivity contribution in [2.75, 3.05) is 0 Å². The molecule has 0 heterocycles. The monoisotopic (exact) mass is 299 g/mol. The van der Waals surface area contributed by atoms with E-state index in [-0.39, 0.29) is 23.8 Å². The van der Waals surface area contributed by atoms with E-state index in [2.05, 4.69) is 17.5 Å². The summed E-state index contributed by atoms with van der Waals surface area (Å²) >= 11 is 0. The van der Waals surface area contributed by atoms with Gasteiger partial charge in [0.1, 0.15) is 0 Å². The fourth-order valence-corrected chi connectivity index (χ4v) is 2.66. The molecule has 1 amide bonds. The molecule has 22 heavy (non-hydrogen) atoms. The maximum atomic E-state index is 12.4. The molecule has 0 aromatic heterocycles. The molecule has 4 heteroatoms. The number of esters is 1. The molecule has 3 rings (SSSR count). The number of ether oxygens (including phenoxy) is 1. The van der Waals surface area contributed by atoms with Crippen LogP contribution in [-0.4, -0.2) is 17.9 Å². The van der Waals surface area contributed by atoms with Crippen LogP contribution in [0.25, 0.3) is 0 Å². The van der Waals surface area contributed by atoms with E-state index in [9.17, 15) is 9.59 Å². The Hall–Kier alpha value is -2.10. The highest BCUT2D eigenvalue weighted by Crippen LogP contribution is 2.25. The Morgan fingerprint density at radius 1 is 1.18 bits per heavy atom. The number of allylic oxidation sites excluding steroid dienone is 2. The molecule has 116 valence electrons. The van der Waals surface area contributed by atoms with E-state index >= 15 is 0 Å². The first-order valence-corrected chi connectivity index (χ1v) is 7.94. The largest absolute Gasteiger partial charge is 0.447 e. The van der Waals surface area contributed by atoms with Gasteiger partial charge in [-0.15, -0.1) is 0 Å². The molecule has 0 aliphatic heterocycles. The SMILES string of the molecule is O=C(C[C@H]1C=CCC1)O[C@@H](C(=O)NC1CC1)c1ccccc1. The van der Waals surface area contributed by atoms with E-state index < -0.39 is 6.10 Å². The summed E-state index contributed by atoms with van der Waals surface area (Å²) in [7, 11) is 0. The van der Waals surface area contributed by atoms with Gasteiger partial charge in [0, 0.05) is 11.6 Å². The van der Waals surface area contributed by atoms with Crippen LogP contribution in [0.5, 0.6) is 0 Å². The average Bonchev–Trinajstić information content (AvgIpc) is 3.19. The highest BCUT2D eigenvalue weighted by Gasteiger charge is 2.31. The van der Waals surface area contributed by atoms with Crippen LogP contribution in [0.4, 0.5) is 0 Å². The number of carbonyl (C=O) groups excluding carboxylic acids is 2. The molecule has 0 unspecified atom stereocenters. The number of benzene rings is 1. The Balaban J connectivity index is 1.65. The quantitative estimate of drug-likeness (QED) is 0.649. The lowest BCUT2D eigenvalue weighted by molar-refractivity contribution is -0.157. The molecule has 0 radical (unpaired) electrons. The second kappa shape index (κ2) is 6.77. The van der Waals surface area contributed by atoms with Crippen molar-refractivity contribution in [1.82, 2.24) is 5.32 Å². The van der Waals surface area contributed by atoms with E-state index in [1.807, 2.05) is 30.3 Å². The van der Waals surface area contributed by atoms with Crippen LogP contribution in [0.2, 0.25) is 0 Å². The van der Waals surface area contributed by atoms with Crippen LogP contribution < -0.4 is 5.32 Å². The van der Waals surface area contributed by atoms with Crippen LogP contribution in [0, 0.1) is 5.92 Å². The lowest BCUT2D eigenvalue weighted by Crippen LogP contribution is -2.33. The molecule has 1 N–H and O–H groups in total. The van der Waals surface area contributed by atoms with Crippen molar-refractivity contribution in [2.24, 2.45) is 5.92 Å². The zero-order valence-corrected chi connectivity index (χ0v) is 12.5. The van der Waals surface area contributed by atoms with Crippen molar-refractivity contribution < 1.29 is 14.3 Å². The molecule has 1 aromatic rings. The minimum atomic E-state index is -0.848. The van der Waals surface area contributed by atoms with Gasteiger partial charge in [-0.2, -0.15) is 0 Å². The Morgan fingerprint density at radius 3 is 2.59 bits per heavy atom. The van der Waals surface area contributed by atoms with Gasteiger partial charge >= 0.3 is 5.97 Å². The average molecular weight is 299 g/mol. The van der Waals surface area contributed by atoms with Gasteiger partial charge in [-0.1, -0.05) is 42.5 Å². The predicted octanol–water partition coefficient (Wildman–Crippen LogP) is 2.91. The third kappa shape index (κ3) is 3.97. The summed E-state index contributed by atoms with van der Waals surface area (Å²) in [6.45, 7) is 0. The third-order valence-corrected chi connectivity index (χ3v) is 4.05. The van der Waals surface area contributed by atoms with E-state index in [0.29, 0.717) is 6.42 Å². The van der Waals surface area contributed by atoms with Gasteiger partial charge in [-0.3, -0.25) is 9.59 Å². The zero-order valence-electron chi connectivity index (χ0n) is 12.5. The lowest BCUT2D eigenvalue weighted by atomic mass is 10.1. The molecule has 0 spiro atoms. The Kier molecular flexibility index (Phi) is 4.56. The van der Waals surface area contributed by atoms with Crippen molar-refractivity contribution >= 4 is 11.9 Å². The maximum Gasteiger partial charge on any atom is 0.307 e. The number of amides is 1. The van der Waals surface area contributed by atoms with E-state index in [0.717, 1.165) is 31.2 Å². The van der Waals surface area contributed by atoms with Gasteiger partial charge in [-0.05, 0) is 31.6 Å². The lowest BCUT2D eigenvalue weighted by Gasteiger charge is -2.18. The molecule has 0 bridgehead atoms. The van der Waals surface area contributed by atoms with Gasteiger partial charge in [0.05, 0.1) is 6.42 Å². The van der Waals surface area contributed by atoms with E-state index in [1.54, 1.807) is 0 Å². The highest BCUT2D eigenvalue weighted by atomic mass is 16.5. The minimum absolute atomic E-state index is 0.219. The smallest absolute Gasteiger partial charge is 0.307 e. The normalized spacial score (nSPS) is 21.4. The molecule has 1 aromatic carbocycles. The zero-order chi connectivity index (χ0) is 15.4. The molecule has 1 fully saturated rings. The van der Waals surface area contributed by atoms with Crippen molar-refractivity contribution in [1.29, 1.82) is 0 Å². The fraction of sp³-hybridized carbons (Fsp3) is 0.444. The number of nitrogens with one attached hydrogen (secondary N) is 1. The van der Waals surface area contributed by atoms with Crippen LogP contribution in [0.3, 0.4) is 0 Å². The minimum Gasteiger partial charge on any atom is -0.447 e. The van der Waals surface area contributed by atoms with Crippen molar-refractivity contribution in [3.05, 3.63) is 48.0 Å². The van der Waals surface area contributed by atoms with Gasteiger partial charge in [-0.25, -0.2) is 0 Å². The molecule has 4 nitrogen and oxygen atoms in total. The van der Waals surface area contributed by atoms with Gasteiger partial charge < -0.3 is 10.1 Å². The summed E-state index contributed by atoms with van der Waals surface area (Å²) < 4.78 is 5.50. The first-order valence-electron chi connectivity index (χ1n) is 7.94. The first-order chi connectivity index (χ1) is 10.7. The Morgan fingerprint density at radius 2 is 1.95 bits per heavy atom. The topological polar surface area (TPSA) is 55.4 Å². The van der Waals surface area contributed by atoms with Gasteiger partial charge in [0.25, 0.3) is 5.91 Å². The van der Waals surface area contributed by atoms with Crippen molar-refractivity contribution in [3.63, 3.8) is 0 Å². The highest BCUT2D eigenvalue weighted by molar-refractivity contribution is 5.85. The number of hydrogen-bond acceptors (Lipinski definition) is 3. The third-order valence-electron chi connectivity index (χ3n) is 4.05. The summed E-state index contributed by atoms with van der Waals surface area (Å²) in [5.74, 6) is -0.282. The molecular weight excluding hydrogens is 278 g/mol. The maximum absolute atomic E-state index is 12.4. The number of rotatable bonds is 6. The summed E-state index contributed by atoms with van der Waals surface area (Å²) in [4.78, 5) is 24.5. The molecule has 1 saturated carbocycles. The van der Waals surface area contributed by atoms with Crippen LogP contribution in [0.1, 0.15) is 43.8 Å². The van der Waals surface area contributed by atoms with Crippen molar-refractivity contribution in [3.8, 4) is 0 Å². The molecule has 2 aliphatic carbocycles. The van der Waals surface area contributed by atoms with E-state index in [4.69, 9.17) is 4.74 Å². The molecular formula is C18H21NO3. The van der Waals surface area contributed by atoms with Gasteiger partial charge in [0.15, 0.2) is 0 Å². The number of carbonyl (C=O) groups is 2. The fourth-order valence-electron chi connectivity index (χ4n) is 2.66. The molecule has 2 atom stereocenters.